The predicted molar refractivity (Wildman–Crippen MR) is 227 cm³/mol. The Bertz CT molecular complexity index is 2330. The lowest BCUT2D eigenvalue weighted by Gasteiger charge is -2.32. The Hall–Kier alpha value is -5.33. The molecule has 0 amide bonds. The summed E-state index contributed by atoms with van der Waals surface area (Å²) < 4.78 is 39.9. The molecule has 0 saturated heterocycles. The molecule has 0 aliphatic carbocycles. The van der Waals surface area contributed by atoms with Gasteiger partial charge in [-0.1, -0.05) is 121 Å². The summed E-state index contributed by atoms with van der Waals surface area (Å²) >= 11 is 0. The molecule has 6 heteroatoms. The van der Waals surface area contributed by atoms with Gasteiger partial charge in [0.25, 0.3) is 0 Å². The van der Waals surface area contributed by atoms with E-state index in [0.717, 1.165) is 23.1 Å². The Labute approximate surface area is 333 Å². The van der Waals surface area contributed by atoms with Gasteiger partial charge in [-0.2, -0.15) is 0 Å². The first-order valence-corrected chi connectivity index (χ1v) is 21.0. The zero-order valence-corrected chi connectivity index (χ0v) is 34.7. The lowest BCUT2D eigenvalue weighted by atomic mass is 9.77. The van der Waals surface area contributed by atoms with E-state index in [1.165, 1.54) is 16.7 Å². The van der Waals surface area contributed by atoms with Crippen LogP contribution in [0, 0.1) is 0 Å². The van der Waals surface area contributed by atoms with Crippen LogP contribution in [0.3, 0.4) is 0 Å². The molecule has 0 radical (unpaired) electrons. The van der Waals surface area contributed by atoms with Gasteiger partial charge in [-0.15, -0.1) is 0 Å². The molecular formula is C50H54O5S. The Morgan fingerprint density at radius 2 is 0.875 bits per heavy atom. The summed E-state index contributed by atoms with van der Waals surface area (Å²) in [6, 6.07) is 45.9. The average Bonchev–Trinajstić information content (AvgIpc) is 3.21. The highest BCUT2D eigenvalue weighted by Crippen LogP contribution is 2.38. The fourth-order valence-corrected chi connectivity index (χ4v) is 8.36. The van der Waals surface area contributed by atoms with Crippen molar-refractivity contribution < 1.29 is 23.0 Å². The van der Waals surface area contributed by atoms with Crippen molar-refractivity contribution in [2.24, 2.45) is 0 Å². The molecule has 0 aliphatic heterocycles. The second kappa shape index (κ2) is 16.0. The molecule has 0 aromatic heterocycles. The first-order chi connectivity index (χ1) is 26.6. The predicted octanol–water partition coefficient (Wildman–Crippen LogP) is 12.9. The van der Waals surface area contributed by atoms with Gasteiger partial charge < -0.3 is 14.6 Å². The van der Waals surface area contributed by atoms with E-state index >= 15 is 0 Å². The van der Waals surface area contributed by atoms with Crippen LogP contribution in [0.25, 0.3) is 0 Å². The maximum Gasteiger partial charge on any atom is 0.206 e. The van der Waals surface area contributed by atoms with Gasteiger partial charge in [0.2, 0.25) is 9.84 Å². The van der Waals surface area contributed by atoms with Gasteiger partial charge in [0.15, 0.2) is 0 Å². The van der Waals surface area contributed by atoms with E-state index in [0.29, 0.717) is 29.6 Å². The molecule has 0 aliphatic rings. The number of ether oxygens (including phenoxy) is 2. The summed E-state index contributed by atoms with van der Waals surface area (Å²) in [7, 11) is -3.77. The van der Waals surface area contributed by atoms with E-state index in [-0.39, 0.29) is 26.4 Å². The van der Waals surface area contributed by atoms with Gasteiger partial charge in [-0.05, 0) is 132 Å². The SMILES string of the molecule is CCC(C)c1ccc(C(C)(C)c2ccc(Oc3ccc(S(=O)(=O)c4ccc(OC(C)(CC)c5ccc(C(C)(C)c6ccc(O)cc6)cc5)cc4)cc3)cc2)cc1. The zero-order valence-electron chi connectivity index (χ0n) is 33.8. The monoisotopic (exact) mass is 766 g/mol. The fourth-order valence-electron chi connectivity index (χ4n) is 7.10. The number of rotatable bonds is 14. The molecule has 0 spiro atoms. The van der Waals surface area contributed by atoms with E-state index in [9.17, 15) is 13.5 Å². The van der Waals surface area contributed by atoms with Crippen LogP contribution in [0.2, 0.25) is 0 Å². The van der Waals surface area contributed by atoms with Crippen LogP contribution in [0.5, 0.6) is 23.0 Å². The summed E-state index contributed by atoms with van der Waals surface area (Å²) in [4.78, 5) is 0.369. The Morgan fingerprint density at radius 3 is 1.30 bits per heavy atom. The van der Waals surface area contributed by atoms with Crippen LogP contribution in [-0.4, -0.2) is 13.5 Å². The number of benzene rings is 6. The van der Waals surface area contributed by atoms with E-state index in [1.807, 2.05) is 31.2 Å². The van der Waals surface area contributed by atoms with Crippen molar-refractivity contribution in [3.63, 3.8) is 0 Å². The number of aromatic hydroxyl groups is 1. The molecule has 6 aromatic rings. The van der Waals surface area contributed by atoms with Crippen LogP contribution in [0.1, 0.15) is 108 Å². The second-order valence-electron chi connectivity index (χ2n) is 16.1. The topological polar surface area (TPSA) is 72.8 Å². The average molecular weight is 767 g/mol. The van der Waals surface area contributed by atoms with Crippen molar-refractivity contribution in [1.29, 1.82) is 0 Å². The normalized spacial score (nSPS) is 13.8. The van der Waals surface area contributed by atoms with E-state index < -0.39 is 15.4 Å². The maximum absolute atomic E-state index is 13.6. The Balaban J connectivity index is 1.10. The summed E-state index contributed by atoms with van der Waals surface area (Å²) in [5.74, 6) is 2.60. The van der Waals surface area contributed by atoms with Gasteiger partial charge in [0.05, 0.1) is 9.79 Å². The van der Waals surface area contributed by atoms with Crippen molar-refractivity contribution in [2.45, 2.75) is 100 Å². The standard InChI is InChI=1S/C50H54O5S/c1-9-35(3)36-11-13-37(14-12-36)48(4,5)40-21-25-43(26-22-40)54-44-27-31-46(32-28-44)56(52,53)47-33-29-45(30-34-47)55-50(8,10-2)41-17-15-38(16-18-41)49(6,7)39-19-23-42(51)24-20-39/h11-35,51H,9-10H2,1-8H3. The van der Waals surface area contributed by atoms with Crippen molar-refractivity contribution >= 4 is 9.84 Å². The van der Waals surface area contributed by atoms with Crippen molar-refractivity contribution in [2.75, 3.05) is 0 Å². The van der Waals surface area contributed by atoms with Crippen molar-refractivity contribution in [3.8, 4) is 23.0 Å². The number of hydrogen-bond acceptors (Lipinski definition) is 5. The first kappa shape index (κ1) is 40.3. The minimum absolute atomic E-state index is 0.177. The number of sulfone groups is 1. The third-order valence-corrected chi connectivity index (χ3v) is 13.5. The quantitative estimate of drug-likeness (QED) is 0.119. The molecule has 290 valence electrons. The molecule has 0 fully saturated rings. The van der Waals surface area contributed by atoms with E-state index in [1.54, 1.807) is 60.7 Å². The first-order valence-electron chi connectivity index (χ1n) is 19.5. The van der Waals surface area contributed by atoms with Gasteiger partial charge in [-0.3, -0.25) is 0 Å². The molecule has 2 atom stereocenters. The maximum atomic E-state index is 13.6. The van der Waals surface area contributed by atoms with Crippen LogP contribution in [-0.2, 0) is 26.3 Å². The third kappa shape index (κ3) is 8.41. The van der Waals surface area contributed by atoms with Crippen molar-refractivity contribution in [1.82, 2.24) is 0 Å². The Morgan fingerprint density at radius 1 is 0.518 bits per heavy atom. The van der Waals surface area contributed by atoms with Gasteiger partial charge in [-0.25, -0.2) is 8.42 Å². The smallest absolute Gasteiger partial charge is 0.206 e. The summed E-state index contributed by atoms with van der Waals surface area (Å²) in [5.41, 5.74) is 6.01. The molecule has 2 unspecified atom stereocenters. The summed E-state index contributed by atoms with van der Waals surface area (Å²) in [6.07, 6.45) is 1.82. The lowest BCUT2D eigenvalue weighted by Crippen LogP contribution is -2.29. The fraction of sp³-hybridized carbons (Fsp3) is 0.280. The highest BCUT2D eigenvalue weighted by atomic mass is 32.2. The molecular weight excluding hydrogens is 713 g/mol. The molecule has 0 saturated carbocycles. The molecule has 5 nitrogen and oxygen atoms in total. The minimum atomic E-state index is -3.77. The molecule has 1 N–H and O–H groups in total. The van der Waals surface area contributed by atoms with Crippen LogP contribution < -0.4 is 9.47 Å². The summed E-state index contributed by atoms with van der Waals surface area (Å²) in [6.45, 7) is 17.4. The summed E-state index contributed by atoms with van der Waals surface area (Å²) in [5, 5.41) is 9.74. The molecule has 0 heterocycles. The van der Waals surface area contributed by atoms with Gasteiger partial charge in [0.1, 0.15) is 28.6 Å². The second-order valence-corrected chi connectivity index (χ2v) is 18.0. The van der Waals surface area contributed by atoms with Crippen LogP contribution >= 0.6 is 0 Å². The molecule has 6 aromatic carbocycles. The Kier molecular flexibility index (Phi) is 11.5. The largest absolute Gasteiger partial charge is 0.508 e. The van der Waals surface area contributed by atoms with Crippen LogP contribution in [0.15, 0.2) is 155 Å². The number of phenols is 1. The minimum Gasteiger partial charge on any atom is -0.508 e. The number of hydrogen-bond donors (Lipinski definition) is 1. The van der Waals surface area contributed by atoms with Gasteiger partial charge >= 0.3 is 0 Å². The van der Waals surface area contributed by atoms with E-state index in [4.69, 9.17) is 9.47 Å². The van der Waals surface area contributed by atoms with Gasteiger partial charge in [0, 0.05) is 10.8 Å². The molecule has 6 rings (SSSR count). The zero-order chi connectivity index (χ0) is 40.3. The van der Waals surface area contributed by atoms with Crippen molar-refractivity contribution in [3.05, 3.63) is 179 Å². The third-order valence-electron chi connectivity index (χ3n) is 11.7. The highest BCUT2D eigenvalue weighted by Gasteiger charge is 2.30. The number of phenolic OH excluding ortho intramolecular Hbond substituents is 1. The lowest BCUT2D eigenvalue weighted by molar-refractivity contribution is 0.0825. The molecule has 56 heavy (non-hydrogen) atoms. The van der Waals surface area contributed by atoms with E-state index in [2.05, 4.69) is 109 Å². The van der Waals surface area contributed by atoms with Crippen LogP contribution in [0.4, 0.5) is 0 Å². The highest BCUT2D eigenvalue weighted by molar-refractivity contribution is 7.91. The molecule has 0 bridgehead atoms.